The van der Waals surface area contributed by atoms with E-state index in [0.717, 1.165) is 11.8 Å². The van der Waals surface area contributed by atoms with Crippen LogP contribution in [0.15, 0.2) is 42.0 Å². The minimum atomic E-state index is 0.795. The minimum absolute atomic E-state index is 0.795. The highest BCUT2D eigenvalue weighted by Gasteiger charge is 2.22. The van der Waals surface area contributed by atoms with Crippen LogP contribution in [0.2, 0.25) is 0 Å². The maximum Gasteiger partial charge on any atom is -0.00549 e. The standard InChI is InChI=1S/C29H36/c1-21-12-17-27(26-15-13-25(14-16-26)24-10-6-3-7-11-24)29-20-23(19-28(21)29)18-22-8-4-2-5-9-22/h12-17,20,22,24H,2-11,18-19H2,1H3. The lowest BCUT2D eigenvalue weighted by atomic mass is 9.83. The van der Waals surface area contributed by atoms with Crippen molar-refractivity contribution in [2.24, 2.45) is 5.92 Å². The molecule has 0 radical (unpaired) electrons. The van der Waals surface area contributed by atoms with Gasteiger partial charge in [-0.1, -0.05) is 99.4 Å². The number of hydrogen-bond donors (Lipinski definition) is 0. The van der Waals surface area contributed by atoms with Crippen LogP contribution in [0, 0.1) is 12.8 Å². The molecule has 0 nitrogen and oxygen atoms in total. The molecule has 3 aliphatic carbocycles. The van der Waals surface area contributed by atoms with E-state index < -0.39 is 0 Å². The van der Waals surface area contributed by atoms with Gasteiger partial charge in [0, 0.05) is 0 Å². The van der Waals surface area contributed by atoms with Gasteiger partial charge in [0.1, 0.15) is 0 Å². The lowest BCUT2D eigenvalue weighted by Crippen LogP contribution is -2.07. The van der Waals surface area contributed by atoms with E-state index in [9.17, 15) is 0 Å². The quantitative estimate of drug-likeness (QED) is 0.495. The molecule has 0 spiro atoms. The molecule has 0 N–H and O–H groups in total. The topological polar surface area (TPSA) is 0 Å². The summed E-state index contributed by atoms with van der Waals surface area (Å²) in [4.78, 5) is 0. The van der Waals surface area contributed by atoms with Crippen LogP contribution in [0.25, 0.3) is 17.2 Å². The molecule has 0 atom stereocenters. The van der Waals surface area contributed by atoms with E-state index in [1.54, 1.807) is 16.7 Å². The maximum atomic E-state index is 2.56. The zero-order valence-corrected chi connectivity index (χ0v) is 18.2. The molecule has 0 saturated heterocycles. The van der Waals surface area contributed by atoms with E-state index in [1.165, 1.54) is 99.3 Å². The van der Waals surface area contributed by atoms with Crippen LogP contribution in [0.4, 0.5) is 0 Å². The van der Waals surface area contributed by atoms with Gasteiger partial charge >= 0.3 is 0 Å². The van der Waals surface area contributed by atoms with E-state index in [4.69, 9.17) is 0 Å². The molecule has 2 fully saturated rings. The summed E-state index contributed by atoms with van der Waals surface area (Å²) >= 11 is 0. The fraction of sp³-hybridized carbons (Fsp3) is 0.517. The van der Waals surface area contributed by atoms with Crippen LogP contribution < -0.4 is 0 Å². The Bertz CT molecular complexity index is 871. The van der Waals surface area contributed by atoms with Crippen LogP contribution in [-0.2, 0) is 6.42 Å². The Morgan fingerprint density at radius 3 is 2.17 bits per heavy atom. The van der Waals surface area contributed by atoms with Crippen molar-refractivity contribution in [3.05, 3.63) is 64.2 Å². The fourth-order valence-corrected chi connectivity index (χ4v) is 6.17. The second-order valence-corrected chi connectivity index (χ2v) is 9.97. The molecule has 0 aliphatic heterocycles. The van der Waals surface area contributed by atoms with Gasteiger partial charge in [0.25, 0.3) is 0 Å². The highest BCUT2D eigenvalue weighted by atomic mass is 14.3. The molecule has 0 unspecified atom stereocenters. The van der Waals surface area contributed by atoms with Gasteiger partial charge in [0.15, 0.2) is 0 Å². The molecule has 2 aromatic carbocycles. The summed E-state index contributed by atoms with van der Waals surface area (Å²) in [6.45, 7) is 2.30. The van der Waals surface area contributed by atoms with Crippen molar-refractivity contribution in [2.75, 3.05) is 0 Å². The Morgan fingerprint density at radius 2 is 1.45 bits per heavy atom. The van der Waals surface area contributed by atoms with Gasteiger partial charge in [0.05, 0.1) is 0 Å². The number of rotatable bonds is 4. The van der Waals surface area contributed by atoms with Crippen molar-refractivity contribution in [1.29, 1.82) is 0 Å². The summed E-state index contributed by atoms with van der Waals surface area (Å²) in [5, 5.41) is 0. The molecule has 2 aromatic rings. The summed E-state index contributed by atoms with van der Waals surface area (Å²) in [7, 11) is 0. The Hall–Kier alpha value is -1.82. The lowest BCUT2D eigenvalue weighted by Gasteiger charge is -2.22. The third-order valence-corrected chi connectivity index (χ3v) is 7.92. The van der Waals surface area contributed by atoms with E-state index in [0.29, 0.717) is 0 Å². The Kier molecular flexibility index (Phi) is 5.62. The highest BCUT2D eigenvalue weighted by molar-refractivity contribution is 5.81. The molecule has 3 aliphatic rings. The normalized spacial score (nSPS) is 20.5. The summed E-state index contributed by atoms with van der Waals surface area (Å²) in [5.41, 5.74) is 10.7. The lowest BCUT2D eigenvalue weighted by molar-refractivity contribution is 0.355. The van der Waals surface area contributed by atoms with Gasteiger partial charge in [-0.15, -0.1) is 0 Å². The van der Waals surface area contributed by atoms with Crippen molar-refractivity contribution < 1.29 is 0 Å². The summed E-state index contributed by atoms with van der Waals surface area (Å²) in [6.07, 6.45) is 19.3. The molecule has 0 heteroatoms. The first kappa shape index (κ1) is 19.2. The predicted octanol–water partition coefficient (Wildman–Crippen LogP) is 8.62. The van der Waals surface area contributed by atoms with Crippen LogP contribution in [0.5, 0.6) is 0 Å². The average Bonchev–Trinajstić information content (AvgIpc) is 3.20. The number of allylic oxidation sites excluding steroid dienone is 1. The Morgan fingerprint density at radius 1 is 0.759 bits per heavy atom. The van der Waals surface area contributed by atoms with E-state index >= 15 is 0 Å². The average molecular weight is 385 g/mol. The summed E-state index contributed by atoms with van der Waals surface area (Å²) < 4.78 is 0. The molecule has 2 saturated carbocycles. The van der Waals surface area contributed by atoms with Gasteiger partial charge in [0.2, 0.25) is 0 Å². The molecule has 0 heterocycles. The Labute approximate surface area is 177 Å². The monoisotopic (exact) mass is 384 g/mol. The molecule has 0 amide bonds. The van der Waals surface area contributed by atoms with Crippen LogP contribution in [0.3, 0.4) is 0 Å². The number of benzene rings is 2. The van der Waals surface area contributed by atoms with Gasteiger partial charge in [-0.2, -0.15) is 0 Å². The highest BCUT2D eigenvalue weighted by Crippen LogP contribution is 2.40. The third kappa shape index (κ3) is 4.09. The maximum absolute atomic E-state index is 2.56. The first-order valence-corrected chi connectivity index (χ1v) is 12.2. The smallest absolute Gasteiger partial charge is 0.00549 e. The van der Waals surface area contributed by atoms with Crippen molar-refractivity contribution in [2.45, 2.75) is 89.9 Å². The number of hydrogen-bond acceptors (Lipinski definition) is 0. The molecule has 0 aromatic heterocycles. The molecular weight excluding hydrogens is 348 g/mol. The van der Waals surface area contributed by atoms with Gasteiger partial charge in [-0.25, -0.2) is 0 Å². The zero-order chi connectivity index (χ0) is 19.6. The number of aryl methyl sites for hydroxylation is 1. The minimum Gasteiger partial charge on any atom is -0.0649 e. The zero-order valence-electron chi connectivity index (χ0n) is 18.2. The first-order chi connectivity index (χ1) is 14.3. The van der Waals surface area contributed by atoms with Gasteiger partial charge < -0.3 is 0 Å². The fourth-order valence-electron chi connectivity index (χ4n) is 6.17. The van der Waals surface area contributed by atoms with Crippen molar-refractivity contribution in [3.8, 4) is 11.1 Å². The molecule has 5 rings (SSSR count). The molecular formula is C29H36. The second-order valence-electron chi connectivity index (χ2n) is 9.97. The summed E-state index contributed by atoms with van der Waals surface area (Å²) in [5.74, 6) is 1.73. The van der Waals surface area contributed by atoms with Crippen molar-refractivity contribution in [3.63, 3.8) is 0 Å². The molecule has 0 bridgehead atoms. The van der Waals surface area contributed by atoms with Gasteiger partial charge in [-0.05, 0) is 77.8 Å². The van der Waals surface area contributed by atoms with E-state index in [2.05, 4.69) is 49.4 Å². The van der Waals surface area contributed by atoms with Crippen LogP contribution in [0.1, 0.15) is 98.8 Å². The van der Waals surface area contributed by atoms with Crippen molar-refractivity contribution >= 4 is 6.08 Å². The van der Waals surface area contributed by atoms with Crippen molar-refractivity contribution in [1.82, 2.24) is 0 Å². The van der Waals surface area contributed by atoms with Crippen LogP contribution in [-0.4, -0.2) is 0 Å². The summed E-state index contributed by atoms with van der Waals surface area (Å²) in [6, 6.07) is 14.3. The van der Waals surface area contributed by atoms with Gasteiger partial charge in [-0.3, -0.25) is 0 Å². The molecule has 29 heavy (non-hydrogen) atoms. The molecule has 152 valence electrons. The first-order valence-electron chi connectivity index (χ1n) is 12.2. The second kappa shape index (κ2) is 8.50. The largest absolute Gasteiger partial charge is 0.0649 e. The van der Waals surface area contributed by atoms with Crippen LogP contribution >= 0.6 is 0 Å². The predicted molar refractivity (Wildman–Crippen MR) is 125 cm³/mol. The SMILES string of the molecule is Cc1ccc(-c2ccc(C3CCCCC3)cc2)c2c1CC(CC1CCCCC1)=C2. The Balaban J connectivity index is 1.39. The number of fused-ring (bicyclic) bond motifs is 1. The van der Waals surface area contributed by atoms with E-state index in [-0.39, 0.29) is 0 Å². The van der Waals surface area contributed by atoms with E-state index in [1.807, 2.05) is 0 Å². The third-order valence-electron chi connectivity index (χ3n) is 7.92.